The Bertz CT molecular complexity index is 384. The second-order valence-corrected chi connectivity index (χ2v) is 4.66. The molecular weight excluding hydrogens is 219 g/mol. The lowest BCUT2D eigenvalue weighted by Crippen LogP contribution is -2.37. The fourth-order valence-corrected chi connectivity index (χ4v) is 2.32. The number of nitrogens with two attached hydrogens (primary N) is 1. The third kappa shape index (κ3) is 3.25. The molecule has 1 atom stereocenters. The van der Waals surface area contributed by atoms with Gasteiger partial charge in [-0.05, 0) is 31.0 Å². The summed E-state index contributed by atoms with van der Waals surface area (Å²) in [6.07, 6.45) is 1.68. The zero-order valence-electron chi connectivity index (χ0n) is 9.90. The molecule has 1 heterocycles. The molecule has 0 amide bonds. The summed E-state index contributed by atoms with van der Waals surface area (Å²) in [5, 5.41) is 9.58. The van der Waals surface area contributed by atoms with E-state index >= 15 is 0 Å². The van der Waals surface area contributed by atoms with Crippen molar-refractivity contribution >= 4 is 0 Å². The summed E-state index contributed by atoms with van der Waals surface area (Å²) in [4.78, 5) is 2.20. The SMILES string of the molecule is NCc1cc(CN2CCCC(O)C2)ccc1F. The van der Waals surface area contributed by atoms with Crippen molar-refractivity contribution in [2.75, 3.05) is 13.1 Å². The van der Waals surface area contributed by atoms with Gasteiger partial charge in [0.2, 0.25) is 0 Å². The van der Waals surface area contributed by atoms with Crippen LogP contribution in [0.4, 0.5) is 4.39 Å². The van der Waals surface area contributed by atoms with Crippen LogP contribution in [0.5, 0.6) is 0 Å². The van der Waals surface area contributed by atoms with Gasteiger partial charge in [0.05, 0.1) is 6.10 Å². The smallest absolute Gasteiger partial charge is 0.127 e. The van der Waals surface area contributed by atoms with Gasteiger partial charge in [0.25, 0.3) is 0 Å². The van der Waals surface area contributed by atoms with Gasteiger partial charge in [-0.1, -0.05) is 12.1 Å². The molecule has 3 nitrogen and oxygen atoms in total. The van der Waals surface area contributed by atoms with Crippen LogP contribution in [0, 0.1) is 5.82 Å². The van der Waals surface area contributed by atoms with E-state index in [-0.39, 0.29) is 18.5 Å². The molecule has 1 aliphatic rings. The van der Waals surface area contributed by atoms with Crippen LogP contribution < -0.4 is 5.73 Å². The Morgan fingerprint density at radius 3 is 3.00 bits per heavy atom. The Kier molecular flexibility index (Phi) is 4.10. The minimum atomic E-state index is -0.241. The molecule has 1 saturated heterocycles. The van der Waals surface area contributed by atoms with E-state index in [9.17, 15) is 9.50 Å². The van der Waals surface area contributed by atoms with E-state index in [0.29, 0.717) is 12.1 Å². The maximum atomic E-state index is 13.3. The predicted octanol–water partition coefficient (Wildman–Crippen LogP) is 1.24. The highest BCUT2D eigenvalue weighted by atomic mass is 19.1. The first-order valence-electron chi connectivity index (χ1n) is 6.07. The summed E-state index contributed by atoms with van der Waals surface area (Å²) in [5.74, 6) is -0.241. The van der Waals surface area contributed by atoms with Crippen molar-refractivity contribution in [2.24, 2.45) is 5.73 Å². The van der Waals surface area contributed by atoms with E-state index in [2.05, 4.69) is 4.90 Å². The summed E-state index contributed by atoms with van der Waals surface area (Å²) in [5.41, 5.74) is 7.09. The van der Waals surface area contributed by atoms with Crippen LogP contribution in [-0.4, -0.2) is 29.2 Å². The monoisotopic (exact) mass is 238 g/mol. The number of hydrogen-bond donors (Lipinski definition) is 2. The minimum Gasteiger partial charge on any atom is -0.392 e. The van der Waals surface area contributed by atoms with Crippen molar-refractivity contribution < 1.29 is 9.50 Å². The molecule has 2 rings (SSSR count). The van der Waals surface area contributed by atoms with Gasteiger partial charge in [0.1, 0.15) is 5.82 Å². The first kappa shape index (κ1) is 12.5. The number of aliphatic hydroxyl groups excluding tert-OH is 1. The third-order valence-corrected chi connectivity index (χ3v) is 3.22. The molecule has 0 aliphatic carbocycles. The van der Waals surface area contributed by atoms with E-state index in [1.807, 2.05) is 6.07 Å². The second kappa shape index (κ2) is 5.58. The molecule has 4 heteroatoms. The van der Waals surface area contributed by atoms with E-state index in [4.69, 9.17) is 5.73 Å². The molecule has 0 bridgehead atoms. The molecule has 1 aliphatic heterocycles. The lowest BCUT2D eigenvalue weighted by molar-refractivity contribution is 0.0668. The summed E-state index contributed by atoms with van der Waals surface area (Å²) >= 11 is 0. The van der Waals surface area contributed by atoms with Crippen LogP contribution in [0.15, 0.2) is 18.2 Å². The van der Waals surface area contributed by atoms with Gasteiger partial charge in [0, 0.05) is 25.2 Å². The van der Waals surface area contributed by atoms with E-state index in [0.717, 1.165) is 31.5 Å². The Labute approximate surface area is 101 Å². The maximum absolute atomic E-state index is 13.3. The average Bonchev–Trinajstić information content (AvgIpc) is 2.32. The number of halogens is 1. The molecule has 1 aromatic rings. The minimum absolute atomic E-state index is 0.224. The van der Waals surface area contributed by atoms with Crippen LogP contribution in [0.25, 0.3) is 0 Å². The molecule has 0 spiro atoms. The van der Waals surface area contributed by atoms with Crippen LogP contribution in [-0.2, 0) is 13.1 Å². The van der Waals surface area contributed by atoms with E-state index in [1.165, 1.54) is 6.07 Å². The third-order valence-electron chi connectivity index (χ3n) is 3.22. The Hall–Kier alpha value is -0.970. The number of hydrogen-bond acceptors (Lipinski definition) is 3. The number of nitrogens with zero attached hydrogens (tertiary/aromatic N) is 1. The summed E-state index contributed by atoms with van der Waals surface area (Å²) in [6.45, 7) is 2.67. The number of benzene rings is 1. The van der Waals surface area contributed by atoms with Crippen LogP contribution >= 0.6 is 0 Å². The van der Waals surface area contributed by atoms with Gasteiger partial charge < -0.3 is 10.8 Å². The van der Waals surface area contributed by atoms with Gasteiger partial charge in [-0.3, -0.25) is 4.90 Å². The average molecular weight is 238 g/mol. The molecular formula is C13H19FN2O. The first-order valence-corrected chi connectivity index (χ1v) is 6.07. The highest BCUT2D eigenvalue weighted by Gasteiger charge is 2.17. The zero-order chi connectivity index (χ0) is 12.3. The van der Waals surface area contributed by atoms with Crippen molar-refractivity contribution in [1.29, 1.82) is 0 Å². The standard InChI is InChI=1S/C13H19FN2O/c14-13-4-3-10(6-11(13)7-15)8-16-5-1-2-12(17)9-16/h3-4,6,12,17H,1-2,5,7-9,15H2. The van der Waals surface area contributed by atoms with Gasteiger partial charge in [0.15, 0.2) is 0 Å². The number of aliphatic hydroxyl groups is 1. The van der Waals surface area contributed by atoms with Gasteiger partial charge in [-0.15, -0.1) is 0 Å². The topological polar surface area (TPSA) is 49.5 Å². The van der Waals surface area contributed by atoms with Crippen LogP contribution in [0.1, 0.15) is 24.0 Å². The summed E-state index contributed by atoms with van der Waals surface area (Å²) in [7, 11) is 0. The Morgan fingerprint density at radius 1 is 1.47 bits per heavy atom. The zero-order valence-corrected chi connectivity index (χ0v) is 9.90. The molecule has 1 unspecified atom stereocenters. The fraction of sp³-hybridized carbons (Fsp3) is 0.538. The van der Waals surface area contributed by atoms with Crippen molar-refractivity contribution in [3.05, 3.63) is 35.1 Å². The van der Waals surface area contributed by atoms with E-state index in [1.54, 1.807) is 6.07 Å². The Morgan fingerprint density at radius 2 is 2.29 bits per heavy atom. The fourth-order valence-electron chi connectivity index (χ4n) is 2.32. The second-order valence-electron chi connectivity index (χ2n) is 4.66. The van der Waals surface area contributed by atoms with Gasteiger partial charge in [-0.25, -0.2) is 4.39 Å². The largest absolute Gasteiger partial charge is 0.392 e. The predicted molar refractivity (Wildman–Crippen MR) is 64.8 cm³/mol. The number of β-amino-alcohol motifs (C(OH)–C–C–N with tert-alkyl or cyclic N) is 1. The van der Waals surface area contributed by atoms with Gasteiger partial charge >= 0.3 is 0 Å². The highest BCUT2D eigenvalue weighted by Crippen LogP contribution is 2.16. The van der Waals surface area contributed by atoms with Crippen molar-refractivity contribution in [1.82, 2.24) is 4.90 Å². The van der Waals surface area contributed by atoms with Crippen molar-refractivity contribution in [2.45, 2.75) is 32.0 Å². The molecule has 17 heavy (non-hydrogen) atoms. The number of rotatable bonds is 3. The van der Waals surface area contributed by atoms with Crippen molar-refractivity contribution in [3.63, 3.8) is 0 Å². The lowest BCUT2D eigenvalue weighted by Gasteiger charge is -2.30. The van der Waals surface area contributed by atoms with Crippen LogP contribution in [0.2, 0.25) is 0 Å². The molecule has 0 saturated carbocycles. The normalized spacial score (nSPS) is 21.7. The summed E-state index contributed by atoms with van der Waals surface area (Å²) < 4.78 is 13.3. The first-order chi connectivity index (χ1) is 8.19. The molecule has 1 aromatic carbocycles. The van der Waals surface area contributed by atoms with Crippen LogP contribution in [0.3, 0.4) is 0 Å². The quantitative estimate of drug-likeness (QED) is 0.833. The molecule has 1 fully saturated rings. The number of likely N-dealkylation sites (tertiary alicyclic amines) is 1. The van der Waals surface area contributed by atoms with E-state index < -0.39 is 0 Å². The molecule has 94 valence electrons. The molecule has 0 radical (unpaired) electrons. The van der Waals surface area contributed by atoms with Crippen molar-refractivity contribution in [3.8, 4) is 0 Å². The van der Waals surface area contributed by atoms with Gasteiger partial charge in [-0.2, -0.15) is 0 Å². The molecule has 3 N–H and O–H groups in total. The maximum Gasteiger partial charge on any atom is 0.127 e. The summed E-state index contributed by atoms with van der Waals surface area (Å²) in [6, 6.07) is 5.07. The highest BCUT2D eigenvalue weighted by molar-refractivity contribution is 5.25. The lowest BCUT2D eigenvalue weighted by atomic mass is 10.1. The Balaban J connectivity index is 2.02. The number of piperidine rings is 1. The molecule has 0 aromatic heterocycles.